The minimum atomic E-state index is -0.138. The Balaban J connectivity index is 2.21. The zero-order chi connectivity index (χ0) is 16.4. The van der Waals surface area contributed by atoms with Crippen LogP contribution in [-0.2, 0) is 9.53 Å². The Morgan fingerprint density at radius 3 is 2.14 bits per heavy atom. The zero-order valence-electron chi connectivity index (χ0n) is 14.6. The van der Waals surface area contributed by atoms with Crippen molar-refractivity contribution in [1.82, 2.24) is 0 Å². The van der Waals surface area contributed by atoms with Crippen molar-refractivity contribution in [3.8, 4) is 0 Å². The van der Waals surface area contributed by atoms with Gasteiger partial charge in [0.2, 0.25) is 0 Å². The molecule has 0 aliphatic carbocycles. The molecule has 1 aliphatic rings. The highest BCUT2D eigenvalue weighted by Gasteiger charge is 2.14. The molecule has 1 heterocycles. The highest BCUT2D eigenvalue weighted by molar-refractivity contribution is 5.90. The third-order valence-corrected chi connectivity index (χ3v) is 3.84. The SMILES string of the molecule is CC(C)=CCCC(C)=CCCC(C)=CCCC1=CCOC1=O. The first kappa shape index (κ1) is 18.5. The summed E-state index contributed by atoms with van der Waals surface area (Å²) < 4.78 is 4.90. The van der Waals surface area contributed by atoms with Gasteiger partial charge in [-0.3, -0.25) is 0 Å². The maximum Gasteiger partial charge on any atom is 0.334 e. The highest BCUT2D eigenvalue weighted by atomic mass is 16.5. The number of hydrogen-bond donors (Lipinski definition) is 0. The lowest BCUT2D eigenvalue weighted by Gasteiger charge is -2.02. The summed E-state index contributed by atoms with van der Waals surface area (Å²) in [7, 11) is 0. The van der Waals surface area contributed by atoms with Gasteiger partial charge < -0.3 is 4.74 Å². The lowest BCUT2D eigenvalue weighted by atomic mass is 10.0. The second-order valence-corrected chi connectivity index (χ2v) is 6.33. The molecule has 0 unspecified atom stereocenters. The first-order valence-corrected chi connectivity index (χ1v) is 8.30. The van der Waals surface area contributed by atoms with Crippen LogP contribution in [0.4, 0.5) is 0 Å². The van der Waals surface area contributed by atoms with Gasteiger partial charge in [-0.25, -0.2) is 4.79 Å². The van der Waals surface area contributed by atoms with Gasteiger partial charge in [0.15, 0.2) is 0 Å². The maximum absolute atomic E-state index is 11.3. The molecule has 0 aromatic rings. The molecule has 0 fully saturated rings. The average molecular weight is 302 g/mol. The number of allylic oxidation sites excluding steroid dienone is 6. The Morgan fingerprint density at radius 1 is 1.00 bits per heavy atom. The van der Waals surface area contributed by atoms with Crippen LogP contribution in [0.25, 0.3) is 0 Å². The molecule has 1 rings (SSSR count). The molecule has 0 spiro atoms. The van der Waals surface area contributed by atoms with E-state index >= 15 is 0 Å². The largest absolute Gasteiger partial charge is 0.458 e. The fraction of sp³-hybridized carbons (Fsp3) is 0.550. The Hall–Kier alpha value is -1.57. The molecule has 0 amide bonds. The molecule has 0 aromatic carbocycles. The van der Waals surface area contributed by atoms with Crippen molar-refractivity contribution in [2.75, 3.05) is 6.61 Å². The second kappa shape index (κ2) is 10.2. The summed E-state index contributed by atoms with van der Waals surface area (Å²) in [6, 6.07) is 0. The van der Waals surface area contributed by atoms with E-state index in [4.69, 9.17) is 4.74 Å². The van der Waals surface area contributed by atoms with Crippen LogP contribution >= 0.6 is 0 Å². The van der Waals surface area contributed by atoms with Crippen LogP contribution in [0.1, 0.15) is 66.2 Å². The van der Waals surface area contributed by atoms with Gasteiger partial charge in [-0.2, -0.15) is 0 Å². The normalized spacial score (nSPS) is 15.6. The van der Waals surface area contributed by atoms with E-state index in [-0.39, 0.29) is 5.97 Å². The quantitative estimate of drug-likeness (QED) is 0.405. The molecule has 22 heavy (non-hydrogen) atoms. The molecule has 0 bridgehead atoms. The van der Waals surface area contributed by atoms with Crippen LogP contribution < -0.4 is 0 Å². The van der Waals surface area contributed by atoms with Crippen molar-refractivity contribution >= 4 is 5.97 Å². The van der Waals surface area contributed by atoms with Crippen LogP contribution in [0.2, 0.25) is 0 Å². The average Bonchev–Trinajstić information content (AvgIpc) is 2.84. The summed E-state index contributed by atoms with van der Waals surface area (Å²) in [6.07, 6.45) is 15.0. The van der Waals surface area contributed by atoms with Crippen molar-refractivity contribution in [2.45, 2.75) is 66.2 Å². The van der Waals surface area contributed by atoms with Crippen LogP contribution in [0.3, 0.4) is 0 Å². The maximum atomic E-state index is 11.3. The van der Waals surface area contributed by atoms with E-state index in [1.54, 1.807) is 0 Å². The topological polar surface area (TPSA) is 26.3 Å². The first-order chi connectivity index (χ1) is 10.5. The van der Waals surface area contributed by atoms with Gasteiger partial charge in [-0.15, -0.1) is 0 Å². The fourth-order valence-corrected chi connectivity index (χ4v) is 2.41. The molecule has 122 valence electrons. The fourth-order valence-electron chi connectivity index (χ4n) is 2.41. The van der Waals surface area contributed by atoms with E-state index < -0.39 is 0 Å². The first-order valence-electron chi connectivity index (χ1n) is 8.30. The summed E-state index contributed by atoms with van der Waals surface area (Å²) >= 11 is 0. The molecule has 0 radical (unpaired) electrons. The van der Waals surface area contributed by atoms with Crippen LogP contribution in [0, 0.1) is 0 Å². The number of carbonyl (C=O) groups is 1. The van der Waals surface area contributed by atoms with Crippen molar-refractivity contribution in [3.63, 3.8) is 0 Å². The van der Waals surface area contributed by atoms with E-state index in [9.17, 15) is 4.79 Å². The predicted molar refractivity (Wildman–Crippen MR) is 93.7 cm³/mol. The minimum Gasteiger partial charge on any atom is -0.458 e. The summed E-state index contributed by atoms with van der Waals surface area (Å²) in [5.74, 6) is -0.138. The summed E-state index contributed by atoms with van der Waals surface area (Å²) in [6.45, 7) is 9.14. The number of carbonyl (C=O) groups excluding carboxylic acids is 1. The third-order valence-electron chi connectivity index (χ3n) is 3.84. The summed E-state index contributed by atoms with van der Waals surface area (Å²) in [4.78, 5) is 11.3. The molecular weight excluding hydrogens is 272 g/mol. The van der Waals surface area contributed by atoms with Crippen molar-refractivity contribution in [3.05, 3.63) is 46.6 Å². The van der Waals surface area contributed by atoms with Crippen molar-refractivity contribution in [1.29, 1.82) is 0 Å². The Morgan fingerprint density at radius 2 is 1.59 bits per heavy atom. The number of ether oxygens (including phenoxy) is 1. The third kappa shape index (κ3) is 8.02. The van der Waals surface area contributed by atoms with Gasteiger partial charge in [-0.05, 0) is 72.3 Å². The van der Waals surface area contributed by atoms with Gasteiger partial charge in [0, 0.05) is 5.57 Å². The number of rotatable bonds is 9. The summed E-state index contributed by atoms with van der Waals surface area (Å²) in [5.41, 5.74) is 5.11. The van der Waals surface area contributed by atoms with Crippen molar-refractivity contribution in [2.24, 2.45) is 0 Å². The van der Waals surface area contributed by atoms with Crippen molar-refractivity contribution < 1.29 is 9.53 Å². The Kier molecular flexibility index (Phi) is 8.57. The number of esters is 1. The molecule has 0 atom stereocenters. The molecule has 1 aliphatic heterocycles. The molecule has 0 saturated heterocycles. The molecule has 0 aromatic heterocycles. The lowest BCUT2D eigenvalue weighted by molar-refractivity contribution is -0.136. The zero-order valence-corrected chi connectivity index (χ0v) is 14.6. The van der Waals surface area contributed by atoms with Gasteiger partial charge >= 0.3 is 5.97 Å². The lowest BCUT2D eigenvalue weighted by Crippen LogP contribution is -1.98. The molecule has 0 N–H and O–H groups in total. The minimum absolute atomic E-state index is 0.138. The smallest absolute Gasteiger partial charge is 0.334 e. The van der Waals surface area contributed by atoms with E-state index in [0.29, 0.717) is 6.61 Å². The monoisotopic (exact) mass is 302 g/mol. The van der Waals surface area contributed by atoms with Gasteiger partial charge in [0.25, 0.3) is 0 Å². The van der Waals surface area contributed by atoms with Crippen LogP contribution in [0.5, 0.6) is 0 Å². The predicted octanol–water partition coefficient (Wildman–Crippen LogP) is 5.67. The molecular formula is C20H30O2. The summed E-state index contributed by atoms with van der Waals surface area (Å²) in [5, 5.41) is 0. The van der Waals surface area contributed by atoms with Crippen LogP contribution in [0.15, 0.2) is 46.6 Å². The Labute approximate surface area is 135 Å². The number of hydrogen-bond acceptors (Lipinski definition) is 2. The van der Waals surface area contributed by atoms with E-state index in [2.05, 4.69) is 45.9 Å². The van der Waals surface area contributed by atoms with Gasteiger partial charge in [0.1, 0.15) is 6.61 Å². The van der Waals surface area contributed by atoms with Crippen LogP contribution in [-0.4, -0.2) is 12.6 Å². The number of cyclic esters (lactones) is 1. The Bertz CT molecular complexity index is 486. The molecule has 2 nitrogen and oxygen atoms in total. The highest BCUT2D eigenvalue weighted by Crippen LogP contribution is 2.16. The molecule has 0 saturated carbocycles. The molecule has 2 heteroatoms. The van der Waals surface area contributed by atoms with E-state index in [1.165, 1.54) is 16.7 Å². The second-order valence-electron chi connectivity index (χ2n) is 6.33. The van der Waals surface area contributed by atoms with Gasteiger partial charge in [-0.1, -0.05) is 34.9 Å². The van der Waals surface area contributed by atoms with E-state index in [1.807, 2.05) is 6.08 Å². The van der Waals surface area contributed by atoms with E-state index in [0.717, 1.165) is 44.1 Å². The van der Waals surface area contributed by atoms with Gasteiger partial charge in [0.05, 0.1) is 0 Å². The standard InChI is InChI=1S/C20H30O2/c1-16(2)8-5-9-17(3)10-6-11-18(4)12-7-13-19-14-15-22-20(19)21/h8,10,12,14H,5-7,9,11,13,15H2,1-4H3.